The van der Waals surface area contributed by atoms with Crippen LogP contribution in [0.4, 0.5) is 5.82 Å². The van der Waals surface area contributed by atoms with Crippen molar-refractivity contribution in [3.63, 3.8) is 0 Å². The molecular formula is C19H19ClN4O. The fourth-order valence-corrected chi connectivity index (χ4v) is 3.21. The van der Waals surface area contributed by atoms with Crippen LogP contribution in [0, 0.1) is 17.2 Å². The number of amides is 1. The second kappa shape index (κ2) is 8.11. The average molecular weight is 355 g/mol. The summed E-state index contributed by atoms with van der Waals surface area (Å²) >= 11 is 5.81. The molecule has 1 aliphatic rings. The van der Waals surface area contributed by atoms with Crippen molar-refractivity contribution in [2.75, 3.05) is 18.4 Å². The summed E-state index contributed by atoms with van der Waals surface area (Å²) in [5, 5.41) is 12.6. The van der Waals surface area contributed by atoms with Crippen LogP contribution in [-0.2, 0) is 11.3 Å². The second-order valence-electron chi connectivity index (χ2n) is 6.19. The molecule has 0 spiro atoms. The number of carbonyl (C=O) groups excluding carboxylic acids is 1. The van der Waals surface area contributed by atoms with Crippen LogP contribution >= 0.6 is 11.6 Å². The van der Waals surface area contributed by atoms with E-state index in [1.54, 1.807) is 12.1 Å². The smallest absolute Gasteiger partial charge is 0.229 e. The third-order valence-electron chi connectivity index (χ3n) is 4.39. The van der Waals surface area contributed by atoms with Crippen molar-refractivity contribution in [2.24, 2.45) is 5.92 Å². The fraction of sp³-hybridized carbons (Fsp3) is 0.316. The molecule has 1 aromatic carbocycles. The molecule has 1 aliphatic heterocycles. The number of nitriles is 1. The molecule has 5 nitrogen and oxygen atoms in total. The Morgan fingerprint density at radius 1 is 1.36 bits per heavy atom. The van der Waals surface area contributed by atoms with E-state index in [9.17, 15) is 10.1 Å². The first-order valence-corrected chi connectivity index (χ1v) is 8.66. The maximum atomic E-state index is 12.5. The summed E-state index contributed by atoms with van der Waals surface area (Å²) in [6.07, 6.45) is 3.33. The van der Waals surface area contributed by atoms with Gasteiger partial charge < -0.3 is 5.32 Å². The van der Waals surface area contributed by atoms with E-state index in [0.717, 1.165) is 24.9 Å². The lowest BCUT2D eigenvalue weighted by atomic mass is 9.96. The van der Waals surface area contributed by atoms with Crippen molar-refractivity contribution in [3.8, 4) is 6.07 Å². The molecule has 0 saturated carbocycles. The minimum absolute atomic E-state index is 0.0203. The lowest BCUT2D eigenvalue weighted by Crippen LogP contribution is -2.40. The molecule has 1 fully saturated rings. The summed E-state index contributed by atoms with van der Waals surface area (Å²) in [6.45, 7) is 2.30. The van der Waals surface area contributed by atoms with Crippen LogP contribution in [0.3, 0.4) is 0 Å². The van der Waals surface area contributed by atoms with Crippen molar-refractivity contribution in [2.45, 2.75) is 19.4 Å². The van der Waals surface area contributed by atoms with Gasteiger partial charge in [0.2, 0.25) is 5.91 Å². The highest BCUT2D eigenvalue weighted by Crippen LogP contribution is 2.21. The van der Waals surface area contributed by atoms with Gasteiger partial charge in [-0.3, -0.25) is 9.69 Å². The highest BCUT2D eigenvalue weighted by molar-refractivity contribution is 6.30. The third kappa shape index (κ3) is 4.56. The molecule has 2 aromatic rings. The number of likely N-dealkylation sites (tertiary alicyclic amines) is 1. The SMILES string of the molecule is N#Cc1ccccc1CN1CCC[C@H](C(=O)Nc2ccc(Cl)cn2)C1. The molecule has 1 N–H and O–H groups in total. The summed E-state index contributed by atoms with van der Waals surface area (Å²) in [5.41, 5.74) is 1.70. The lowest BCUT2D eigenvalue weighted by molar-refractivity contribution is -0.121. The van der Waals surface area contributed by atoms with Crippen LogP contribution in [0.5, 0.6) is 0 Å². The monoisotopic (exact) mass is 354 g/mol. The topological polar surface area (TPSA) is 69.0 Å². The van der Waals surface area contributed by atoms with Gasteiger partial charge in [0.05, 0.1) is 22.6 Å². The van der Waals surface area contributed by atoms with Gasteiger partial charge in [-0.1, -0.05) is 29.8 Å². The van der Waals surface area contributed by atoms with Gasteiger partial charge in [0.15, 0.2) is 0 Å². The normalized spacial score (nSPS) is 17.7. The van der Waals surface area contributed by atoms with Crippen LogP contribution in [-0.4, -0.2) is 28.9 Å². The molecule has 1 amide bonds. The molecular weight excluding hydrogens is 336 g/mol. The number of nitrogens with zero attached hydrogens (tertiary/aromatic N) is 3. The summed E-state index contributed by atoms with van der Waals surface area (Å²) in [6, 6.07) is 13.2. The first-order chi connectivity index (χ1) is 12.2. The van der Waals surface area contributed by atoms with Gasteiger partial charge in [0.25, 0.3) is 0 Å². The molecule has 0 aliphatic carbocycles. The lowest BCUT2D eigenvalue weighted by Gasteiger charge is -2.32. The Hall–Kier alpha value is -2.42. The quantitative estimate of drug-likeness (QED) is 0.912. The van der Waals surface area contributed by atoms with Crippen LogP contribution in [0.25, 0.3) is 0 Å². The first kappa shape index (κ1) is 17.4. The van der Waals surface area contributed by atoms with E-state index < -0.39 is 0 Å². The molecule has 1 aromatic heterocycles. The van der Waals surface area contributed by atoms with Crippen LogP contribution in [0.1, 0.15) is 24.0 Å². The number of carbonyl (C=O) groups is 1. The number of halogens is 1. The molecule has 0 bridgehead atoms. The van der Waals surface area contributed by atoms with Crippen molar-refractivity contribution in [1.82, 2.24) is 9.88 Å². The first-order valence-electron chi connectivity index (χ1n) is 8.28. The van der Waals surface area contributed by atoms with Crippen molar-refractivity contribution < 1.29 is 4.79 Å². The highest BCUT2D eigenvalue weighted by atomic mass is 35.5. The summed E-state index contributed by atoms with van der Waals surface area (Å²) in [5.74, 6) is 0.412. The zero-order valence-electron chi connectivity index (χ0n) is 13.8. The minimum atomic E-state index is -0.0829. The Morgan fingerprint density at radius 3 is 2.96 bits per heavy atom. The summed E-state index contributed by atoms with van der Waals surface area (Å²) in [4.78, 5) is 18.9. The van der Waals surface area contributed by atoms with Crippen LogP contribution in [0.2, 0.25) is 5.02 Å². The minimum Gasteiger partial charge on any atom is -0.310 e. The number of piperidine rings is 1. The maximum Gasteiger partial charge on any atom is 0.229 e. The van der Waals surface area contributed by atoms with Gasteiger partial charge in [-0.05, 0) is 43.1 Å². The Balaban J connectivity index is 1.61. The van der Waals surface area contributed by atoms with E-state index in [2.05, 4.69) is 21.3 Å². The molecule has 1 atom stereocenters. The molecule has 0 unspecified atom stereocenters. The van der Waals surface area contributed by atoms with Gasteiger partial charge >= 0.3 is 0 Å². The van der Waals surface area contributed by atoms with Crippen LogP contribution < -0.4 is 5.32 Å². The maximum absolute atomic E-state index is 12.5. The molecule has 2 heterocycles. The zero-order valence-corrected chi connectivity index (χ0v) is 14.5. The molecule has 128 valence electrons. The Labute approximate surface area is 152 Å². The van der Waals surface area contributed by atoms with E-state index in [4.69, 9.17) is 11.6 Å². The van der Waals surface area contributed by atoms with E-state index >= 15 is 0 Å². The van der Waals surface area contributed by atoms with Gasteiger partial charge in [0.1, 0.15) is 5.82 Å². The van der Waals surface area contributed by atoms with E-state index in [-0.39, 0.29) is 11.8 Å². The van der Waals surface area contributed by atoms with E-state index in [1.165, 1.54) is 6.20 Å². The number of anilines is 1. The zero-order chi connectivity index (χ0) is 17.6. The number of pyridine rings is 1. The number of nitrogens with one attached hydrogen (secondary N) is 1. The molecule has 0 radical (unpaired) electrons. The largest absolute Gasteiger partial charge is 0.310 e. The molecule has 25 heavy (non-hydrogen) atoms. The molecule has 3 rings (SSSR count). The third-order valence-corrected chi connectivity index (χ3v) is 4.61. The summed E-state index contributed by atoms with van der Waals surface area (Å²) < 4.78 is 0. The van der Waals surface area contributed by atoms with E-state index in [1.807, 2.05) is 24.3 Å². The number of rotatable bonds is 4. The molecule has 1 saturated heterocycles. The number of aromatic nitrogens is 1. The number of hydrogen-bond donors (Lipinski definition) is 1. The Kier molecular flexibility index (Phi) is 5.64. The van der Waals surface area contributed by atoms with Gasteiger partial charge in [-0.25, -0.2) is 4.98 Å². The number of hydrogen-bond acceptors (Lipinski definition) is 4. The average Bonchev–Trinajstić information content (AvgIpc) is 2.64. The van der Waals surface area contributed by atoms with Gasteiger partial charge in [-0.15, -0.1) is 0 Å². The number of benzene rings is 1. The van der Waals surface area contributed by atoms with Crippen molar-refractivity contribution in [1.29, 1.82) is 5.26 Å². The Bertz CT molecular complexity index is 785. The second-order valence-corrected chi connectivity index (χ2v) is 6.63. The van der Waals surface area contributed by atoms with Crippen molar-refractivity contribution in [3.05, 3.63) is 58.7 Å². The van der Waals surface area contributed by atoms with E-state index in [0.29, 0.717) is 29.5 Å². The predicted octanol–water partition coefficient (Wildman–Crippen LogP) is 3.46. The molecule has 6 heteroatoms. The standard InChI is InChI=1S/C19H19ClN4O/c20-17-7-8-18(22-11-17)23-19(25)16-6-3-9-24(13-16)12-15-5-2-1-4-14(15)10-21/h1-2,4-5,7-8,11,16H,3,6,9,12-13H2,(H,22,23,25)/t16-/m0/s1. The van der Waals surface area contributed by atoms with Gasteiger partial charge in [-0.2, -0.15) is 5.26 Å². The fourth-order valence-electron chi connectivity index (χ4n) is 3.10. The van der Waals surface area contributed by atoms with Crippen LogP contribution in [0.15, 0.2) is 42.6 Å². The Morgan fingerprint density at radius 2 is 2.20 bits per heavy atom. The van der Waals surface area contributed by atoms with Gasteiger partial charge in [0, 0.05) is 19.3 Å². The summed E-state index contributed by atoms with van der Waals surface area (Å²) in [7, 11) is 0. The van der Waals surface area contributed by atoms with Crippen molar-refractivity contribution >= 4 is 23.3 Å². The highest BCUT2D eigenvalue weighted by Gasteiger charge is 2.26. The predicted molar refractivity (Wildman–Crippen MR) is 97.0 cm³/mol.